The van der Waals surface area contributed by atoms with Gasteiger partial charge in [-0.05, 0) is 30.2 Å². The van der Waals surface area contributed by atoms with E-state index in [1.807, 2.05) is 25.1 Å². The van der Waals surface area contributed by atoms with Crippen LogP contribution in [0.1, 0.15) is 23.0 Å². The lowest BCUT2D eigenvalue weighted by Gasteiger charge is -2.10. The third-order valence-corrected chi connectivity index (χ3v) is 3.98. The number of carboxylic acid groups (broad SMARTS) is 1. The minimum Gasteiger partial charge on any atom is -0.476 e. The molecule has 0 atom stereocenters. The second-order valence-electron chi connectivity index (χ2n) is 5.76. The van der Waals surface area contributed by atoms with E-state index in [0.717, 1.165) is 16.7 Å². The molecule has 0 aliphatic heterocycles. The van der Waals surface area contributed by atoms with E-state index < -0.39 is 17.4 Å². The topological polar surface area (TPSA) is 101 Å². The lowest BCUT2D eigenvalue weighted by molar-refractivity contribution is -0.117. The predicted molar refractivity (Wildman–Crippen MR) is 97.4 cm³/mol. The minimum atomic E-state index is -1.26. The molecule has 0 unspecified atom stereocenters. The average Bonchev–Trinajstić information content (AvgIpc) is 2.64. The van der Waals surface area contributed by atoms with E-state index in [9.17, 15) is 19.5 Å². The fourth-order valence-corrected chi connectivity index (χ4v) is 2.71. The van der Waals surface area contributed by atoms with Crippen molar-refractivity contribution in [2.45, 2.75) is 19.9 Å². The van der Waals surface area contributed by atoms with Crippen molar-refractivity contribution < 1.29 is 14.7 Å². The van der Waals surface area contributed by atoms with Crippen molar-refractivity contribution in [1.82, 2.24) is 9.78 Å². The quantitative estimate of drug-likeness (QED) is 0.734. The van der Waals surface area contributed by atoms with Gasteiger partial charge >= 0.3 is 5.97 Å². The van der Waals surface area contributed by atoms with Crippen LogP contribution >= 0.6 is 0 Å². The molecule has 26 heavy (non-hydrogen) atoms. The fraction of sp³-hybridized carbons (Fsp3) is 0.158. The van der Waals surface area contributed by atoms with Gasteiger partial charge in [0.25, 0.3) is 5.56 Å². The first-order valence-corrected chi connectivity index (χ1v) is 8.11. The molecule has 0 saturated carbocycles. The summed E-state index contributed by atoms with van der Waals surface area (Å²) in [6.07, 6.45) is 0.831. The van der Waals surface area contributed by atoms with Crippen LogP contribution in [0.2, 0.25) is 0 Å². The number of carboxylic acids is 1. The first-order chi connectivity index (χ1) is 12.5. The van der Waals surface area contributed by atoms with E-state index in [2.05, 4.69) is 10.4 Å². The van der Waals surface area contributed by atoms with E-state index in [4.69, 9.17) is 0 Å². The van der Waals surface area contributed by atoms with Crippen molar-refractivity contribution in [3.8, 4) is 0 Å². The van der Waals surface area contributed by atoms with Crippen molar-refractivity contribution in [2.75, 3.05) is 5.32 Å². The Kier molecular flexibility index (Phi) is 4.79. The number of benzene rings is 2. The van der Waals surface area contributed by atoms with Crippen LogP contribution in [0.15, 0.2) is 53.3 Å². The summed E-state index contributed by atoms with van der Waals surface area (Å²) in [5.74, 6) is -1.72. The number of aromatic carboxylic acids is 1. The molecule has 2 N–H and O–H groups in total. The number of fused-ring (bicyclic) bond motifs is 1. The second-order valence-corrected chi connectivity index (χ2v) is 5.76. The Bertz CT molecular complexity index is 1060. The third kappa shape index (κ3) is 3.46. The first-order valence-electron chi connectivity index (χ1n) is 8.11. The lowest BCUT2D eigenvalue weighted by Crippen LogP contribution is -2.31. The van der Waals surface area contributed by atoms with E-state index in [1.54, 1.807) is 18.2 Å². The van der Waals surface area contributed by atoms with Gasteiger partial charge in [0.2, 0.25) is 5.91 Å². The van der Waals surface area contributed by atoms with Crippen molar-refractivity contribution >= 4 is 28.3 Å². The number of aromatic nitrogens is 2. The standard InChI is InChI=1S/C19H17N3O4/c1-2-12-6-5-7-13(10-12)20-16(23)11-22-18(24)15-9-4-3-8-14(15)17(21-22)19(25)26/h3-10H,2,11H2,1H3,(H,20,23)(H,25,26). The van der Waals surface area contributed by atoms with Gasteiger partial charge in [0.1, 0.15) is 6.54 Å². The molecule has 0 fully saturated rings. The highest BCUT2D eigenvalue weighted by molar-refractivity contribution is 6.01. The zero-order chi connectivity index (χ0) is 18.7. The van der Waals surface area contributed by atoms with Crippen LogP contribution < -0.4 is 10.9 Å². The number of nitrogens with zero attached hydrogens (tertiary/aromatic N) is 2. The van der Waals surface area contributed by atoms with Gasteiger partial charge in [-0.2, -0.15) is 5.10 Å². The number of carbonyl (C=O) groups excluding carboxylic acids is 1. The maximum absolute atomic E-state index is 12.5. The Morgan fingerprint density at radius 2 is 1.85 bits per heavy atom. The van der Waals surface area contributed by atoms with Crippen molar-refractivity contribution in [3.63, 3.8) is 0 Å². The normalized spacial score (nSPS) is 10.7. The molecule has 1 amide bonds. The summed E-state index contributed by atoms with van der Waals surface area (Å²) >= 11 is 0. The van der Waals surface area contributed by atoms with Gasteiger partial charge in [-0.25, -0.2) is 9.48 Å². The summed E-state index contributed by atoms with van der Waals surface area (Å²) in [6.45, 7) is 1.63. The molecule has 0 bridgehead atoms. The highest BCUT2D eigenvalue weighted by Crippen LogP contribution is 2.14. The first kappa shape index (κ1) is 17.3. The van der Waals surface area contributed by atoms with Crippen molar-refractivity contribution in [2.24, 2.45) is 0 Å². The number of amides is 1. The van der Waals surface area contributed by atoms with Gasteiger partial charge in [0.15, 0.2) is 5.69 Å². The monoisotopic (exact) mass is 351 g/mol. The molecule has 132 valence electrons. The average molecular weight is 351 g/mol. The number of carbonyl (C=O) groups is 2. The van der Waals surface area contributed by atoms with Crippen LogP contribution in [0.25, 0.3) is 10.8 Å². The lowest BCUT2D eigenvalue weighted by atomic mass is 10.1. The molecule has 2 aromatic carbocycles. The fourth-order valence-electron chi connectivity index (χ4n) is 2.71. The van der Waals surface area contributed by atoms with Crippen LogP contribution in [-0.2, 0) is 17.8 Å². The summed E-state index contributed by atoms with van der Waals surface area (Å²) in [6, 6.07) is 13.7. The molecule has 1 heterocycles. The molecule has 7 nitrogen and oxygen atoms in total. The maximum Gasteiger partial charge on any atom is 0.357 e. The zero-order valence-electron chi connectivity index (χ0n) is 14.1. The molecule has 3 aromatic rings. The third-order valence-electron chi connectivity index (χ3n) is 3.98. The number of anilines is 1. The number of hydrogen-bond acceptors (Lipinski definition) is 4. The summed E-state index contributed by atoms with van der Waals surface area (Å²) in [4.78, 5) is 36.3. The summed E-state index contributed by atoms with van der Waals surface area (Å²) in [5.41, 5.74) is 0.905. The van der Waals surface area contributed by atoms with Gasteiger partial charge in [-0.3, -0.25) is 9.59 Å². The van der Waals surface area contributed by atoms with Crippen molar-refractivity contribution in [3.05, 3.63) is 70.1 Å². The highest BCUT2D eigenvalue weighted by atomic mass is 16.4. The number of nitrogens with one attached hydrogen (secondary N) is 1. The minimum absolute atomic E-state index is 0.209. The van der Waals surface area contributed by atoms with E-state index in [0.29, 0.717) is 5.69 Å². The zero-order valence-corrected chi connectivity index (χ0v) is 14.1. The summed E-state index contributed by atoms with van der Waals surface area (Å²) < 4.78 is 0.880. The van der Waals surface area contributed by atoms with Gasteiger partial charge < -0.3 is 10.4 Å². The molecule has 0 saturated heterocycles. The number of hydrogen-bond donors (Lipinski definition) is 2. The molecule has 0 radical (unpaired) electrons. The van der Waals surface area contributed by atoms with Gasteiger partial charge in [-0.1, -0.05) is 37.3 Å². The number of rotatable bonds is 5. The molecule has 1 aromatic heterocycles. The van der Waals surface area contributed by atoms with Crippen LogP contribution in [0.4, 0.5) is 5.69 Å². The largest absolute Gasteiger partial charge is 0.476 e. The molecule has 0 spiro atoms. The van der Waals surface area contributed by atoms with Crippen LogP contribution in [0.5, 0.6) is 0 Å². The Labute approximate surface area is 148 Å². The maximum atomic E-state index is 12.5. The Hall–Kier alpha value is -3.48. The Morgan fingerprint density at radius 1 is 1.12 bits per heavy atom. The molecule has 3 rings (SSSR count). The smallest absolute Gasteiger partial charge is 0.357 e. The van der Waals surface area contributed by atoms with Gasteiger partial charge in [0, 0.05) is 11.1 Å². The Balaban J connectivity index is 1.93. The molecular weight excluding hydrogens is 334 g/mol. The summed E-state index contributed by atoms with van der Waals surface area (Å²) in [7, 11) is 0. The van der Waals surface area contributed by atoms with Gasteiger partial charge in [0.05, 0.1) is 5.39 Å². The van der Waals surface area contributed by atoms with E-state index >= 15 is 0 Å². The van der Waals surface area contributed by atoms with Crippen molar-refractivity contribution in [1.29, 1.82) is 0 Å². The highest BCUT2D eigenvalue weighted by Gasteiger charge is 2.17. The van der Waals surface area contributed by atoms with Gasteiger partial charge in [-0.15, -0.1) is 0 Å². The SMILES string of the molecule is CCc1cccc(NC(=O)Cn2nc(C(=O)O)c3ccccc3c2=O)c1. The summed E-state index contributed by atoms with van der Waals surface area (Å²) in [5, 5.41) is 16.4. The predicted octanol–water partition coefficient (Wildman–Crippen LogP) is 2.30. The van der Waals surface area contributed by atoms with E-state index in [1.165, 1.54) is 12.1 Å². The van der Waals surface area contributed by atoms with Crippen LogP contribution in [0, 0.1) is 0 Å². The molecule has 7 heteroatoms. The van der Waals surface area contributed by atoms with E-state index in [-0.39, 0.29) is 23.0 Å². The second kappa shape index (κ2) is 7.18. The van der Waals surface area contributed by atoms with Crippen LogP contribution in [0.3, 0.4) is 0 Å². The Morgan fingerprint density at radius 3 is 2.54 bits per heavy atom. The molecule has 0 aliphatic carbocycles. The molecular formula is C19H17N3O4. The van der Waals surface area contributed by atoms with Crippen LogP contribution in [-0.4, -0.2) is 26.8 Å². The molecule has 0 aliphatic rings. The number of aryl methyl sites for hydroxylation is 1.